The Hall–Kier alpha value is -2.05. The van der Waals surface area contributed by atoms with Crippen LogP contribution in [-0.2, 0) is 18.4 Å². The number of carbonyl (C=O) groups excluding carboxylic acids is 1. The van der Waals surface area contributed by atoms with Crippen molar-refractivity contribution in [3.05, 3.63) is 20.8 Å². The minimum Gasteiger partial charge on any atom is -0.383 e. The van der Waals surface area contributed by atoms with Crippen molar-refractivity contribution in [3.63, 3.8) is 0 Å². The van der Waals surface area contributed by atoms with E-state index >= 15 is 0 Å². The molecule has 1 aliphatic carbocycles. The van der Waals surface area contributed by atoms with Crippen LogP contribution in [0.3, 0.4) is 0 Å². The lowest BCUT2D eigenvalue weighted by atomic mass is 10.2. The van der Waals surface area contributed by atoms with Crippen molar-refractivity contribution in [2.45, 2.75) is 45.6 Å². The second-order valence-electron chi connectivity index (χ2n) is 5.61. The summed E-state index contributed by atoms with van der Waals surface area (Å²) in [6.45, 7) is 2.38. The van der Waals surface area contributed by atoms with E-state index in [-0.39, 0.29) is 17.4 Å². The van der Waals surface area contributed by atoms with Gasteiger partial charge in [-0.3, -0.25) is 18.7 Å². The number of hydrogen-bond acceptors (Lipinski definition) is 4. The van der Waals surface area contributed by atoms with Gasteiger partial charge < -0.3 is 11.1 Å². The molecule has 1 aromatic rings. The average Bonchev–Trinajstić information content (AvgIpc) is 3.28. The summed E-state index contributed by atoms with van der Waals surface area (Å²) in [5, 5.41) is 2.56. The molecule has 21 heavy (non-hydrogen) atoms. The molecule has 0 spiro atoms. The second-order valence-corrected chi connectivity index (χ2v) is 5.61. The lowest BCUT2D eigenvalue weighted by molar-refractivity contribution is -0.116. The summed E-state index contributed by atoms with van der Waals surface area (Å²) in [6, 6.07) is 0. The van der Waals surface area contributed by atoms with Crippen molar-refractivity contribution >= 4 is 17.4 Å². The van der Waals surface area contributed by atoms with Crippen LogP contribution >= 0.6 is 0 Å². The van der Waals surface area contributed by atoms with Crippen LogP contribution < -0.4 is 22.3 Å². The molecule has 116 valence electrons. The van der Waals surface area contributed by atoms with Gasteiger partial charge in [-0.2, -0.15) is 0 Å². The van der Waals surface area contributed by atoms with Crippen LogP contribution in [0.4, 0.5) is 11.5 Å². The molecule has 0 aromatic carbocycles. The number of nitrogens with zero attached hydrogens (tertiary/aromatic N) is 2. The smallest absolute Gasteiger partial charge is 0.332 e. The Morgan fingerprint density at radius 2 is 2.05 bits per heavy atom. The maximum Gasteiger partial charge on any atom is 0.332 e. The van der Waals surface area contributed by atoms with E-state index in [1.165, 1.54) is 16.2 Å². The lowest BCUT2D eigenvalue weighted by Gasteiger charge is -2.14. The van der Waals surface area contributed by atoms with Gasteiger partial charge in [0.15, 0.2) is 0 Å². The van der Waals surface area contributed by atoms with Crippen LogP contribution in [0.15, 0.2) is 9.59 Å². The van der Waals surface area contributed by atoms with Crippen LogP contribution in [0, 0.1) is 5.92 Å². The number of hydrogen-bond donors (Lipinski definition) is 2. The summed E-state index contributed by atoms with van der Waals surface area (Å²) < 4.78 is 2.38. The van der Waals surface area contributed by atoms with E-state index < -0.39 is 11.2 Å². The van der Waals surface area contributed by atoms with Crippen molar-refractivity contribution in [1.29, 1.82) is 0 Å². The molecule has 0 aliphatic heterocycles. The first-order valence-electron chi connectivity index (χ1n) is 7.34. The van der Waals surface area contributed by atoms with Crippen molar-refractivity contribution in [3.8, 4) is 0 Å². The molecule has 0 unspecified atom stereocenters. The molecule has 1 aromatic heterocycles. The number of unbranched alkanes of at least 4 members (excludes halogenated alkanes) is 1. The summed E-state index contributed by atoms with van der Waals surface area (Å²) in [6.07, 6.45) is 4.02. The molecular weight excluding hydrogens is 272 g/mol. The normalized spacial score (nSPS) is 14.2. The molecule has 1 amide bonds. The molecule has 1 saturated carbocycles. The number of nitrogens with one attached hydrogen (secondary N) is 1. The second kappa shape index (κ2) is 6.15. The highest BCUT2D eigenvalue weighted by atomic mass is 16.2. The summed E-state index contributed by atoms with van der Waals surface area (Å²) in [5.41, 5.74) is 4.88. The first kappa shape index (κ1) is 15.3. The maximum absolute atomic E-state index is 12.4. The zero-order chi connectivity index (χ0) is 15.6. The summed E-state index contributed by atoms with van der Waals surface area (Å²) in [4.78, 5) is 36.3. The molecule has 3 N–H and O–H groups in total. The topological polar surface area (TPSA) is 99.1 Å². The molecule has 7 nitrogen and oxygen atoms in total. The first-order chi connectivity index (χ1) is 9.95. The fraction of sp³-hybridized carbons (Fsp3) is 0.643. The van der Waals surface area contributed by atoms with Crippen LogP contribution in [0.5, 0.6) is 0 Å². The standard InChI is InChI=1S/C14H22N4O3/c1-3-4-5-10(19)16-11-12(15)17(2)14(21)18(13(11)20)8-9-6-7-9/h9H,3-8,15H2,1-2H3,(H,16,19). The molecule has 7 heteroatoms. The van der Waals surface area contributed by atoms with Gasteiger partial charge in [-0.25, -0.2) is 4.79 Å². The summed E-state index contributed by atoms with van der Waals surface area (Å²) in [7, 11) is 1.50. The van der Waals surface area contributed by atoms with E-state index in [2.05, 4.69) is 5.32 Å². The van der Waals surface area contributed by atoms with Gasteiger partial charge in [-0.1, -0.05) is 13.3 Å². The van der Waals surface area contributed by atoms with E-state index in [9.17, 15) is 14.4 Å². The largest absolute Gasteiger partial charge is 0.383 e. The van der Waals surface area contributed by atoms with Crippen molar-refractivity contribution in [1.82, 2.24) is 9.13 Å². The van der Waals surface area contributed by atoms with Crippen molar-refractivity contribution < 1.29 is 4.79 Å². The van der Waals surface area contributed by atoms with E-state index in [0.29, 0.717) is 18.9 Å². The highest BCUT2D eigenvalue weighted by Gasteiger charge is 2.25. The van der Waals surface area contributed by atoms with Gasteiger partial charge in [0.25, 0.3) is 5.56 Å². The molecule has 2 rings (SSSR count). The molecule has 0 atom stereocenters. The van der Waals surface area contributed by atoms with Gasteiger partial charge in [-0.15, -0.1) is 0 Å². The number of aromatic nitrogens is 2. The Morgan fingerprint density at radius 1 is 1.38 bits per heavy atom. The number of rotatable bonds is 6. The Morgan fingerprint density at radius 3 is 2.62 bits per heavy atom. The Labute approximate surface area is 122 Å². The Balaban J connectivity index is 2.35. The average molecular weight is 294 g/mol. The van der Waals surface area contributed by atoms with Gasteiger partial charge in [0.1, 0.15) is 11.5 Å². The number of nitrogens with two attached hydrogens (primary N) is 1. The van der Waals surface area contributed by atoms with Crippen LogP contribution in [0.2, 0.25) is 0 Å². The highest BCUT2D eigenvalue weighted by Crippen LogP contribution is 2.29. The molecule has 1 fully saturated rings. The highest BCUT2D eigenvalue weighted by molar-refractivity contribution is 5.92. The third-order valence-electron chi connectivity index (χ3n) is 3.75. The molecule has 0 radical (unpaired) electrons. The van der Waals surface area contributed by atoms with Crippen molar-refractivity contribution in [2.24, 2.45) is 13.0 Å². The van der Waals surface area contributed by atoms with Gasteiger partial charge in [0.05, 0.1) is 0 Å². The van der Waals surface area contributed by atoms with Gasteiger partial charge in [-0.05, 0) is 25.2 Å². The van der Waals surface area contributed by atoms with E-state index in [4.69, 9.17) is 5.73 Å². The van der Waals surface area contributed by atoms with Crippen LogP contribution in [0.25, 0.3) is 0 Å². The Kier molecular flexibility index (Phi) is 4.50. The van der Waals surface area contributed by atoms with E-state index in [1.807, 2.05) is 6.92 Å². The molecule has 1 heterocycles. The third kappa shape index (κ3) is 3.34. The lowest BCUT2D eigenvalue weighted by Crippen LogP contribution is -2.42. The van der Waals surface area contributed by atoms with Gasteiger partial charge in [0.2, 0.25) is 5.91 Å². The fourth-order valence-electron chi connectivity index (χ4n) is 2.16. The molecular formula is C14H22N4O3. The van der Waals surface area contributed by atoms with Gasteiger partial charge >= 0.3 is 5.69 Å². The zero-order valence-corrected chi connectivity index (χ0v) is 12.5. The molecule has 0 bridgehead atoms. The minimum atomic E-state index is -0.507. The number of amides is 1. The van der Waals surface area contributed by atoms with E-state index in [0.717, 1.165) is 25.7 Å². The number of carbonyl (C=O) groups is 1. The van der Waals surface area contributed by atoms with Gasteiger partial charge in [0, 0.05) is 20.0 Å². The van der Waals surface area contributed by atoms with Crippen LogP contribution in [-0.4, -0.2) is 15.0 Å². The first-order valence-corrected chi connectivity index (χ1v) is 7.34. The predicted molar refractivity (Wildman–Crippen MR) is 81.2 cm³/mol. The molecule has 1 aliphatic rings. The fourth-order valence-corrected chi connectivity index (χ4v) is 2.16. The molecule has 0 saturated heterocycles. The summed E-state index contributed by atoms with van der Waals surface area (Å²) in [5.74, 6) is 0.127. The monoisotopic (exact) mass is 294 g/mol. The quantitative estimate of drug-likeness (QED) is 0.805. The predicted octanol–water partition coefficient (Wildman–Crippen LogP) is 0.668. The maximum atomic E-state index is 12.4. The number of nitrogen functional groups attached to an aromatic ring is 1. The van der Waals surface area contributed by atoms with E-state index in [1.54, 1.807) is 0 Å². The van der Waals surface area contributed by atoms with Crippen LogP contribution in [0.1, 0.15) is 39.0 Å². The Bertz CT molecular complexity index is 655. The van der Waals surface area contributed by atoms with Crippen molar-refractivity contribution in [2.75, 3.05) is 11.1 Å². The zero-order valence-electron chi connectivity index (χ0n) is 12.5. The minimum absolute atomic E-state index is 0.00176. The third-order valence-corrected chi connectivity index (χ3v) is 3.75. The SMILES string of the molecule is CCCCC(=O)Nc1c(N)n(C)c(=O)n(CC2CC2)c1=O. The summed E-state index contributed by atoms with van der Waals surface area (Å²) >= 11 is 0. The number of anilines is 2.